The molecule has 0 saturated carbocycles. The van der Waals surface area contributed by atoms with Gasteiger partial charge in [-0.05, 0) is 140 Å². The Bertz CT molecular complexity index is 5200. The van der Waals surface area contributed by atoms with E-state index < -0.39 is 298 Å². The molecule has 0 spiro atoms. The molecule has 19 atom stereocenters. The molecule has 7 aliphatic rings. The van der Waals surface area contributed by atoms with E-state index in [0.717, 1.165) is 60.7 Å². The standard InChI is InChI=1S/C82H94Cl2N12O30/c1-32(2)18-46(87-5)73(113)96-82(79(119)91-45(13-17-58(104)105)71(111)89-30-57(103)90-48(77(117)118)19-34-6-11-40(98)12-7-34)70(110)37-10-16-52(44(84)23-37)123-54-25-38-24-53(68(54)126-78-66(108)65(107)64(106)55(31-97)124-78)122-51-15-9-36(22-43(51)83)67(125-59-28-81(4,86)69(109)33(3)121-59)63-74(114)88-29-39-20-41(99)26-50(101)60(39)42-21-35(8-14-49(42)100)61(75(115)95-63)94-76(116)62(38)93-72(112)47(27-56(85)102)92-80(82)120/h6-12,14-16,20-26,32-33,45-48,55,59,61-67,69-70,78,87,97-101,106-110H,13,17-19,27-31,86H2,1-5H3,(H2,85,102)(H,88,114)(H,89,111)(H,90,103)(H,91,119)(H,92,120)(H,93,112)(H,94,116)(H,95,115)(H,96,113)(H,104,105)(H,117,118)/t33-,45-,46+,47-,48-,55+,59-,61+,62+,63-,64+,65-,66+,67+,69-,70+,78-,81-,82-/m0/s1. The molecule has 126 heavy (non-hydrogen) atoms. The van der Waals surface area contributed by atoms with E-state index in [1.807, 2.05) is 0 Å². The van der Waals surface area contributed by atoms with Crippen molar-refractivity contribution in [2.45, 2.75) is 188 Å². The maximum absolute atomic E-state index is 16.5. The predicted octanol–water partition coefficient (Wildman–Crippen LogP) is -1.17. The highest BCUT2D eigenvalue weighted by atomic mass is 35.5. The van der Waals surface area contributed by atoms with Crippen LogP contribution in [-0.2, 0) is 84.7 Å². The zero-order chi connectivity index (χ0) is 92.0. The van der Waals surface area contributed by atoms with Gasteiger partial charge in [0.2, 0.25) is 64.8 Å². The van der Waals surface area contributed by atoms with Gasteiger partial charge in [0.25, 0.3) is 11.8 Å². The third-order valence-electron chi connectivity index (χ3n) is 21.6. The first-order chi connectivity index (χ1) is 59.5. The third-order valence-corrected chi connectivity index (χ3v) is 22.2. The number of aliphatic hydroxyl groups is 6. The number of likely N-dealkylation sites (N-methyl/N-ethyl adjacent to an activating group) is 1. The minimum absolute atomic E-state index is 0.0821. The van der Waals surface area contributed by atoms with Gasteiger partial charge in [-0.15, -0.1) is 0 Å². The number of rotatable bonds is 24. The molecular formula is C82H94Cl2N12O30. The molecule has 6 aromatic rings. The van der Waals surface area contributed by atoms with Crippen molar-refractivity contribution in [2.24, 2.45) is 17.4 Å². The van der Waals surface area contributed by atoms with E-state index >= 15 is 33.6 Å². The maximum atomic E-state index is 16.5. The average Bonchev–Trinajstić information content (AvgIpc) is 0.754. The van der Waals surface area contributed by atoms with E-state index in [2.05, 4.69) is 53.2 Å². The second kappa shape index (κ2) is 39.5. The van der Waals surface area contributed by atoms with Gasteiger partial charge >= 0.3 is 11.9 Å². The average molecular weight is 1800 g/mol. The summed E-state index contributed by atoms with van der Waals surface area (Å²) in [6, 6.07) is 3.77. The van der Waals surface area contributed by atoms with Crippen molar-refractivity contribution in [2.75, 3.05) is 20.2 Å². The van der Waals surface area contributed by atoms with Crippen LogP contribution in [0.4, 0.5) is 0 Å². The molecule has 11 bridgehead atoms. The number of aliphatic hydroxyl groups excluding tert-OH is 6. The Morgan fingerprint density at radius 1 is 0.667 bits per heavy atom. The van der Waals surface area contributed by atoms with Crippen LogP contribution in [0.1, 0.15) is 117 Å². The Balaban J connectivity index is 1.13. The van der Waals surface area contributed by atoms with Crippen LogP contribution in [0, 0.1) is 5.92 Å². The van der Waals surface area contributed by atoms with Crippen molar-refractivity contribution in [3.63, 3.8) is 0 Å². The number of hydrogen-bond acceptors (Lipinski definition) is 30. The highest BCUT2D eigenvalue weighted by Crippen LogP contribution is 2.50. The summed E-state index contributed by atoms with van der Waals surface area (Å²) in [7, 11) is 1.28. The van der Waals surface area contributed by atoms with Gasteiger partial charge in [0.05, 0.1) is 47.9 Å². The SMILES string of the molecule is CN[C@H](CC(C)C)C(=O)N[C@@]1(C(=O)N[C@@H](CCC(=O)O)C(=O)NCC(=O)N[C@@H](Cc2ccc(O)cc2)C(=O)O)C(=O)N[C@@H](CC(N)=O)C(=O)N[C@H]2C(=O)N[C@H]3C(=O)N[C@H](C(=O)NCc4cc(O)cc(O)c4-c4cc3ccc4O)[C@H](O[C@H]3C[C@](C)(N)[C@@H](O)[C@H](C)O3)c3ccc(c(Cl)c3)Oc3cc2cc(c3O[C@@H]2O[C@H](CO)[C@@H](O)[C@H](O)[C@H]2O)Oc2ccc(cc2Cl)[C@H]1O. The fourth-order valence-corrected chi connectivity index (χ4v) is 15.4. The molecular weight excluding hydrogens is 1700 g/mol. The number of phenolic OH excluding ortho intramolecular Hbond substituents is 4. The summed E-state index contributed by atoms with van der Waals surface area (Å²) in [5.74, 6) is -24.1. The van der Waals surface area contributed by atoms with E-state index in [9.17, 15) is 85.3 Å². The molecule has 676 valence electrons. The lowest BCUT2D eigenvalue weighted by Gasteiger charge is -2.44. The zero-order valence-corrected chi connectivity index (χ0v) is 69.2. The lowest BCUT2D eigenvalue weighted by atomic mass is 9.83. The van der Waals surface area contributed by atoms with Crippen molar-refractivity contribution in [3.05, 3.63) is 147 Å². The van der Waals surface area contributed by atoms with Gasteiger partial charge < -0.3 is 154 Å². The number of aromatic hydroxyl groups is 4. The lowest BCUT2D eigenvalue weighted by Crippen LogP contribution is -2.73. The number of nitrogens with two attached hydrogens (primary N) is 2. The number of primary amides is 1. The van der Waals surface area contributed by atoms with E-state index in [1.54, 1.807) is 13.8 Å². The molecule has 7 aliphatic heterocycles. The summed E-state index contributed by atoms with van der Waals surface area (Å²) in [6.45, 7) is 3.52. The fourth-order valence-electron chi connectivity index (χ4n) is 15.0. The summed E-state index contributed by atoms with van der Waals surface area (Å²) in [5, 5.41) is 156. The summed E-state index contributed by atoms with van der Waals surface area (Å²) in [6.07, 6.45) is -23.2. The number of carbonyl (C=O) groups is 12. The lowest BCUT2D eigenvalue weighted by molar-refractivity contribution is -0.277. The number of ether oxygens (including phenoxy) is 6. The van der Waals surface area contributed by atoms with Crippen LogP contribution in [0.5, 0.6) is 51.7 Å². The highest BCUT2D eigenvalue weighted by molar-refractivity contribution is 6.32. The van der Waals surface area contributed by atoms with Crippen molar-refractivity contribution in [1.29, 1.82) is 0 Å². The number of aliphatic carboxylic acids is 2. The Labute approximate surface area is 725 Å². The topological polar surface area (TPSA) is 675 Å². The van der Waals surface area contributed by atoms with Crippen LogP contribution in [0.15, 0.2) is 103 Å². The molecule has 0 aliphatic carbocycles. The molecule has 0 aromatic heterocycles. The van der Waals surface area contributed by atoms with Crippen LogP contribution in [-0.4, -0.2) is 243 Å². The maximum Gasteiger partial charge on any atom is 0.326 e. The van der Waals surface area contributed by atoms with Gasteiger partial charge in [-0.3, -0.25) is 52.7 Å². The quantitative estimate of drug-likeness (QED) is 0.0318. The highest BCUT2D eigenvalue weighted by Gasteiger charge is 2.57. The van der Waals surface area contributed by atoms with Gasteiger partial charge in [0, 0.05) is 48.5 Å². The van der Waals surface area contributed by atoms with Gasteiger partial charge in [-0.2, -0.15) is 0 Å². The predicted molar refractivity (Wildman–Crippen MR) is 435 cm³/mol. The van der Waals surface area contributed by atoms with Crippen molar-refractivity contribution >= 4 is 94.2 Å². The van der Waals surface area contributed by atoms with Crippen LogP contribution in [0.25, 0.3) is 11.1 Å². The van der Waals surface area contributed by atoms with Crippen LogP contribution < -0.4 is 78.8 Å². The number of hydrogen-bond donors (Lipinski definition) is 24. The second-order valence-corrected chi connectivity index (χ2v) is 32.3. The molecule has 0 radical (unpaired) electrons. The van der Waals surface area contributed by atoms with Crippen LogP contribution >= 0.6 is 23.2 Å². The Morgan fingerprint density at radius 3 is 1.90 bits per heavy atom. The second-order valence-electron chi connectivity index (χ2n) is 31.5. The van der Waals surface area contributed by atoms with E-state index in [-0.39, 0.29) is 52.8 Å². The summed E-state index contributed by atoms with van der Waals surface area (Å²) < 4.78 is 38.3. The number of phenols is 4. The Kier molecular flexibility index (Phi) is 29.6. The normalized spacial score (nSPS) is 26.2. The number of carboxylic acids is 2. The van der Waals surface area contributed by atoms with E-state index in [0.29, 0.717) is 5.56 Å². The summed E-state index contributed by atoms with van der Waals surface area (Å²) in [5.41, 5.74) is 5.21. The summed E-state index contributed by atoms with van der Waals surface area (Å²) >= 11 is 14.5. The molecule has 6 aromatic carbocycles. The summed E-state index contributed by atoms with van der Waals surface area (Å²) in [4.78, 5) is 178. The number of carbonyl (C=O) groups excluding carboxylic acids is 10. The smallest absolute Gasteiger partial charge is 0.326 e. The number of fused-ring (bicyclic) bond motifs is 15. The molecule has 26 N–H and O–H groups in total. The van der Waals surface area contributed by atoms with Crippen molar-refractivity contribution in [3.8, 4) is 62.9 Å². The van der Waals surface area contributed by atoms with Gasteiger partial charge in [0.1, 0.15) is 107 Å². The van der Waals surface area contributed by atoms with Crippen molar-refractivity contribution < 1.29 is 147 Å². The number of amides is 10. The monoisotopic (exact) mass is 1800 g/mol. The third kappa shape index (κ3) is 21.3. The minimum atomic E-state index is -3.80. The number of carboxylic acid groups (broad SMARTS) is 2. The molecule has 44 heteroatoms. The molecule has 7 heterocycles. The minimum Gasteiger partial charge on any atom is -0.508 e. The van der Waals surface area contributed by atoms with Gasteiger partial charge in [0.15, 0.2) is 17.8 Å². The van der Waals surface area contributed by atoms with Crippen LogP contribution in [0.2, 0.25) is 10.0 Å². The first-order valence-electron chi connectivity index (χ1n) is 39.3. The van der Waals surface area contributed by atoms with Crippen molar-refractivity contribution in [1.82, 2.24) is 53.2 Å². The largest absolute Gasteiger partial charge is 0.508 e. The van der Waals surface area contributed by atoms with E-state index in [4.69, 9.17) is 63.1 Å². The fraction of sp³-hybridized carbons (Fsp3) is 0.415. The van der Waals surface area contributed by atoms with Crippen LogP contribution in [0.3, 0.4) is 0 Å². The molecule has 2 fully saturated rings. The molecule has 13 rings (SSSR count). The Hall–Kier alpha value is -12.3. The number of nitrogens with one attached hydrogen (secondary N) is 10. The molecule has 42 nitrogen and oxygen atoms in total. The van der Waals surface area contributed by atoms with Gasteiger partial charge in [-0.1, -0.05) is 67.4 Å². The zero-order valence-electron chi connectivity index (χ0n) is 67.7. The number of benzene rings is 6. The molecule has 10 amide bonds. The Morgan fingerprint density at radius 2 is 1.29 bits per heavy atom. The molecule has 0 unspecified atom stereocenters. The molecule has 2 saturated heterocycles. The first-order valence-corrected chi connectivity index (χ1v) is 40.1. The number of halogens is 2. The van der Waals surface area contributed by atoms with Gasteiger partial charge in [-0.25, -0.2) is 4.79 Å². The first kappa shape index (κ1) is 94.4. The van der Waals surface area contributed by atoms with E-state index in [1.165, 1.54) is 63.4 Å².